The lowest BCUT2D eigenvalue weighted by atomic mass is 9.86. The lowest BCUT2D eigenvalue weighted by molar-refractivity contribution is -0.0336. The maximum Gasteiger partial charge on any atom is 0.408 e. The van der Waals surface area contributed by atoms with Crippen LogP contribution in [0.2, 0.25) is 0 Å². The number of carbonyl (C=O) groups excluding carboxylic acids is 1. The van der Waals surface area contributed by atoms with E-state index in [1.165, 1.54) is 12.1 Å². The highest BCUT2D eigenvalue weighted by Crippen LogP contribution is 2.34. The Balaban J connectivity index is 0.867. The van der Waals surface area contributed by atoms with Crippen LogP contribution in [0.1, 0.15) is 86.6 Å². The maximum atomic E-state index is 13.5. The van der Waals surface area contributed by atoms with Gasteiger partial charge in [-0.05, 0) is 109 Å². The first-order valence-corrected chi connectivity index (χ1v) is 20.7. The Kier molecular flexibility index (Phi) is 13.9. The summed E-state index contributed by atoms with van der Waals surface area (Å²) in [5.41, 5.74) is 4.77. The summed E-state index contributed by atoms with van der Waals surface area (Å²) in [7, 11) is 0. The van der Waals surface area contributed by atoms with Gasteiger partial charge in [0.05, 0.1) is 24.3 Å². The van der Waals surface area contributed by atoms with E-state index >= 15 is 0 Å². The number of piperidine rings is 3. The summed E-state index contributed by atoms with van der Waals surface area (Å²) in [6.45, 7) is 4.81. The molecule has 3 atom stereocenters. The number of aromatic amines is 1. The number of ether oxygens (including phenoxy) is 2. The van der Waals surface area contributed by atoms with E-state index in [4.69, 9.17) is 9.47 Å². The topological polar surface area (TPSA) is 136 Å². The molecule has 300 valence electrons. The van der Waals surface area contributed by atoms with Crippen LogP contribution < -0.4 is 20.9 Å². The molecule has 4 heterocycles. The van der Waals surface area contributed by atoms with Gasteiger partial charge in [-0.25, -0.2) is 4.79 Å². The number of nitrogens with one attached hydrogen (secondary N) is 3. The van der Waals surface area contributed by atoms with Crippen LogP contribution in [0.4, 0.5) is 4.79 Å². The van der Waals surface area contributed by atoms with E-state index in [1.807, 2.05) is 48.5 Å². The van der Waals surface area contributed by atoms with E-state index < -0.39 is 12.1 Å². The van der Waals surface area contributed by atoms with Crippen LogP contribution in [0.3, 0.4) is 0 Å². The van der Waals surface area contributed by atoms with Gasteiger partial charge in [0.25, 0.3) is 0 Å². The molecule has 5 aromatic rings. The third-order valence-electron chi connectivity index (χ3n) is 11.5. The molecule has 10 heteroatoms. The predicted molar refractivity (Wildman–Crippen MR) is 225 cm³/mol. The van der Waals surface area contributed by atoms with Crippen LogP contribution in [0.25, 0.3) is 22.0 Å². The van der Waals surface area contributed by atoms with Crippen LogP contribution in [-0.4, -0.2) is 71.6 Å². The molecule has 1 aromatic heterocycles. The highest BCUT2D eigenvalue weighted by atomic mass is 16.6. The van der Waals surface area contributed by atoms with Crippen LogP contribution >= 0.6 is 0 Å². The molecular formula is C47H56N4O6. The number of aromatic hydroxyl groups is 1. The molecule has 57 heavy (non-hydrogen) atoms. The predicted octanol–water partition coefficient (Wildman–Crippen LogP) is 8.24. The maximum absolute atomic E-state index is 13.5. The minimum Gasteiger partial charge on any atom is -0.506 e. The number of H-pyrrole nitrogens is 1. The average Bonchev–Trinajstić information content (AvgIpc) is 3.24. The number of fused-ring (bicyclic) bond motifs is 4. The van der Waals surface area contributed by atoms with Gasteiger partial charge in [-0.3, -0.25) is 9.69 Å². The summed E-state index contributed by atoms with van der Waals surface area (Å²) in [5, 5.41) is 28.1. The Morgan fingerprint density at radius 1 is 0.807 bits per heavy atom. The first kappa shape index (κ1) is 40.1. The fourth-order valence-electron chi connectivity index (χ4n) is 8.33. The SMILES string of the molecule is O=C(NC(c1ccccc1)c1cc(OCCCCCCCCCNCC(O)c2ccc(O)c3[nH]c(=O)ccc23)cc(-c2ccccc2)c1)OC1CN2CCC1CC2. The number of pyridine rings is 1. The quantitative estimate of drug-likeness (QED) is 0.0530. The van der Waals surface area contributed by atoms with Crippen LogP contribution in [0.5, 0.6) is 11.5 Å². The normalized spacial score (nSPS) is 18.6. The Morgan fingerprint density at radius 2 is 1.53 bits per heavy atom. The molecule has 3 aliphatic rings. The molecule has 4 aromatic carbocycles. The molecule has 3 fully saturated rings. The highest BCUT2D eigenvalue weighted by molar-refractivity contribution is 5.87. The zero-order chi connectivity index (χ0) is 39.4. The molecule has 0 radical (unpaired) electrons. The van der Waals surface area contributed by atoms with Gasteiger partial charge >= 0.3 is 6.09 Å². The Hall–Kier alpha value is -5.16. The molecule has 8 rings (SSSR count). The second-order valence-corrected chi connectivity index (χ2v) is 15.6. The first-order chi connectivity index (χ1) is 27.9. The summed E-state index contributed by atoms with van der Waals surface area (Å²) in [6, 6.07) is 32.5. The number of rotatable bonds is 19. The first-order valence-electron chi connectivity index (χ1n) is 20.7. The fraction of sp³-hybridized carbons (Fsp3) is 0.404. The summed E-state index contributed by atoms with van der Waals surface area (Å²) >= 11 is 0. The average molecular weight is 773 g/mol. The van der Waals surface area contributed by atoms with Crippen molar-refractivity contribution in [3.8, 4) is 22.6 Å². The largest absolute Gasteiger partial charge is 0.506 e. The molecule has 5 N–H and O–H groups in total. The zero-order valence-electron chi connectivity index (χ0n) is 32.7. The molecule has 0 aliphatic carbocycles. The van der Waals surface area contributed by atoms with Crippen molar-refractivity contribution < 1.29 is 24.5 Å². The fourth-order valence-corrected chi connectivity index (χ4v) is 8.33. The summed E-state index contributed by atoms with van der Waals surface area (Å²) in [6.07, 6.45) is 8.59. The number of unbranched alkanes of at least 4 members (excludes halogenated alkanes) is 6. The Labute approximate surface area is 335 Å². The smallest absolute Gasteiger partial charge is 0.408 e. The van der Waals surface area contributed by atoms with E-state index in [2.05, 4.69) is 50.8 Å². The number of hydrogen-bond donors (Lipinski definition) is 5. The van der Waals surface area contributed by atoms with Crippen LogP contribution in [0, 0.1) is 5.92 Å². The number of hydrogen-bond acceptors (Lipinski definition) is 8. The third-order valence-corrected chi connectivity index (χ3v) is 11.5. The van der Waals surface area contributed by atoms with Crippen molar-refractivity contribution in [2.24, 2.45) is 5.92 Å². The van der Waals surface area contributed by atoms with Crippen molar-refractivity contribution in [3.05, 3.63) is 130 Å². The number of benzene rings is 4. The summed E-state index contributed by atoms with van der Waals surface area (Å²) in [4.78, 5) is 30.2. The van der Waals surface area contributed by atoms with E-state index in [0.29, 0.717) is 35.5 Å². The number of aliphatic hydroxyl groups is 1. The van der Waals surface area contributed by atoms with Crippen molar-refractivity contribution >= 4 is 17.0 Å². The second-order valence-electron chi connectivity index (χ2n) is 15.6. The standard InChI is InChI=1S/C47H56N4O6/c52-41-20-18-39(40-19-21-44(54)49-46(40)41)42(53)31-48-24-12-4-2-1-3-5-13-27-56-38-29-36(33-14-8-6-9-15-33)28-37(30-38)45(35-16-10-7-11-17-35)50-47(55)57-43-32-51-25-22-34(43)23-26-51/h6-11,14-21,28-30,34,42-43,45,48,52-53H,1-5,12-13,22-27,31-32H2,(H,49,54)(H,50,55). The number of aliphatic hydroxyl groups excluding tert-OH is 1. The molecule has 3 aliphatic heterocycles. The molecular weight excluding hydrogens is 717 g/mol. The lowest BCUT2D eigenvalue weighted by Gasteiger charge is -2.43. The van der Waals surface area contributed by atoms with E-state index in [-0.39, 0.29) is 23.5 Å². The third kappa shape index (κ3) is 10.8. The number of aromatic nitrogens is 1. The van der Waals surface area contributed by atoms with E-state index in [0.717, 1.165) is 112 Å². The van der Waals surface area contributed by atoms with E-state index in [9.17, 15) is 19.8 Å². The minimum atomic E-state index is -0.751. The van der Waals surface area contributed by atoms with Crippen LogP contribution in [-0.2, 0) is 4.74 Å². The molecule has 0 spiro atoms. The monoisotopic (exact) mass is 772 g/mol. The molecule has 1 amide bonds. The van der Waals surface area contributed by atoms with Crippen molar-refractivity contribution in [3.63, 3.8) is 0 Å². The number of alkyl carbamates (subject to hydrolysis) is 1. The lowest BCUT2D eigenvalue weighted by Crippen LogP contribution is -2.52. The van der Waals surface area contributed by atoms with Gasteiger partial charge in [-0.15, -0.1) is 0 Å². The summed E-state index contributed by atoms with van der Waals surface area (Å²) < 4.78 is 12.5. The minimum absolute atomic E-state index is 0.0113. The van der Waals surface area contributed by atoms with Gasteiger partial charge in [0.2, 0.25) is 5.56 Å². The van der Waals surface area contributed by atoms with Gasteiger partial charge in [0, 0.05) is 24.5 Å². The number of carbonyl (C=O) groups is 1. The number of phenols is 1. The van der Waals surface area contributed by atoms with Crippen molar-refractivity contribution in [2.45, 2.75) is 76.0 Å². The Morgan fingerprint density at radius 3 is 2.26 bits per heavy atom. The van der Waals surface area contributed by atoms with Crippen LogP contribution in [0.15, 0.2) is 108 Å². The number of nitrogens with zero attached hydrogens (tertiary/aromatic N) is 1. The highest BCUT2D eigenvalue weighted by Gasteiger charge is 2.37. The van der Waals surface area contributed by atoms with Gasteiger partial charge in [0.1, 0.15) is 17.6 Å². The summed E-state index contributed by atoms with van der Waals surface area (Å²) in [5.74, 6) is 1.21. The Bertz CT molecular complexity index is 2100. The second kappa shape index (κ2) is 19.8. The van der Waals surface area contributed by atoms with Crippen molar-refractivity contribution in [1.82, 2.24) is 20.5 Å². The van der Waals surface area contributed by atoms with Gasteiger partial charge in [0.15, 0.2) is 0 Å². The number of amides is 1. The molecule has 0 saturated carbocycles. The van der Waals surface area contributed by atoms with E-state index in [1.54, 1.807) is 12.1 Å². The molecule has 10 nitrogen and oxygen atoms in total. The van der Waals surface area contributed by atoms with Gasteiger partial charge in [-0.1, -0.05) is 98.8 Å². The van der Waals surface area contributed by atoms with Crippen molar-refractivity contribution in [1.29, 1.82) is 0 Å². The number of phenolic OH excluding ortho intramolecular Hbond substituents is 1. The molecule has 3 saturated heterocycles. The zero-order valence-corrected chi connectivity index (χ0v) is 32.7. The van der Waals surface area contributed by atoms with Gasteiger partial charge < -0.3 is 35.3 Å². The van der Waals surface area contributed by atoms with Crippen molar-refractivity contribution in [2.75, 3.05) is 39.3 Å². The van der Waals surface area contributed by atoms with Gasteiger partial charge in [-0.2, -0.15) is 0 Å². The molecule has 2 bridgehead atoms. The molecule has 3 unspecified atom stereocenters.